The summed E-state index contributed by atoms with van der Waals surface area (Å²) >= 11 is 0. The van der Waals surface area contributed by atoms with Crippen molar-refractivity contribution < 1.29 is 14.3 Å². The number of carbonyl (C=O) groups excluding carboxylic acids is 2. The zero-order valence-electron chi connectivity index (χ0n) is 16.4. The van der Waals surface area contributed by atoms with Crippen molar-refractivity contribution in [1.29, 1.82) is 0 Å². The third kappa shape index (κ3) is 5.42. The Morgan fingerprint density at radius 3 is 2.66 bits per heavy atom. The highest BCUT2D eigenvalue weighted by Gasteiger charge is 2.13. The number of benzene rings is 2. The topological polar surface area (TPSA) is 80.3 Å². The number of aryl methyl sites for hydroxylation is 1. The lowest BCUT2D eigenvalue weighted by Crippen LogP contribution is -2.23. The van der Waals surface area contributed by atoms with E-state index in [-0.39, 0.29) is 5.91 Å². The van der Waals surface area contributed by atoms with Gasteiger partial charge in [-0.05, 0) is 43.7 Å². The van der Waals surface area contributed by atoms with Crippen LogP contribution in [0.5, 0.6) is 0 Å². The number of anilines is 2. The summed E-state index contributed by atoms with van der Waals surface area (Å²) in [5.41, 5.74) is 3.63. The Morgan fingerprint density at radius 2 is 1.86 bits per heavy atom. The quantitative estimate of drug-likeness (QED) is 0.591. The second-order valence-corrected chi connectivity index (χ2v) is 6.49. The third-order valence-electron chi connectivity index (χ3n) is 4.24. The predicted octanol–water partition coefficient (Wildman–Crippen LogP) is 4.24. The van der Waals surface area contributed by atoms with E-state index in [1.165, 1.54) is 0 Å². The molecule has 2 N–H and O–H groups in total. The van der Waals surface area contributed by atoms with Crippen LogP contribution in [0.2, 0.25) is 0 Å². The van der Waals surface area contributed by atoms with E-state index in [2.05, 4.69) is 15.6 Å². The largest absolute Gasteiger partial charge is 0.462 e. The number of ether oxygens (including phenoxy) is 1. The Labute approximate surface area is 169 Å². The fraction of sp³-hybridized carbons (Fsp3) is 0.174. The summed E-state index contributed by atoms with van der Waals surface area (Å²) in [6.45, 7) is 4.51. The maximum Gasteiger partial charge on any atom is 0.340 e. The summed E-state index contributed by atoms with van der Waals surface area (Å²) in [4.78, 5) is 28.9. The molecule has 0 radical (unpaired) electrons. The highest BCUT2D eigenvalue weighted by molar-refractivity contribution is 5.97. The fourth-order valence-electron chi connectivity index (χ4n) is 2.86. The molecule has 0 spiro atoms. The van der Waals surface area contributed by atoms with Gasteiger partial charge in [-0.1, -0.05) is 42.0 Å². The number of nitrogens with one attached hydrogen (secondary N) is 2. The van der Waals surface area contributed by atoms with Crippen LogP contribution in [0.3, 0.4) is 0 Å². The van der Waals surface area contributed by atoms with E-state index >= 15 is 0 Å². The molecular formula is C23H23N3O3. The molecule has 0 atom stereocenters. The Hall–Kier alpha value is -3.67. The zero-order chi connectivity index (χ0) is 20.6. The number of rotatable bonds is 7. The van der Waals surface area contributed by atoms with Crippen LogP contribution in [0.1, 0.15) is 38.8 Å². The normalized spacial score (nSPS) is 10.3. The zero-order valence-corrected chi connectivity index (χ0v) is 16.4. The molecule has 0 unspecified atom stereocenters. The van der Waals surface area contributed by atoms with Crippen molar-refractivity contribution in [3.63, 3.8) is 0 Å². The summed E-state index contributed by atoms with van der Waals surface area (Å²) in [5, 5.41) is 6.01. The lowest BCUT2D eigenvalue weighted by molar-refractivity contribution is 0.0527. The molecule has 0 saturated carbocycles. The van der Waals surface area contributed by atoms with Gasteiger partial charge in [-0.2, -0.15) is 0 Å². The standard InChI is InChI=1S/C23H23N3O3/c1-3-29-23(28)19-9-4-5-10-20(19)26-21-14-18(11-12-24-21)22(27)25-15-17-8-6-7-16(2)13-17/h4-14H,3,15H2,1-2H3,(H,24,26)(H,25,27). The smallest absolute Gasteiger partial charge is 0.340 e. The van der Waals surface area contributed by atoms with Crippen molar-refractivity contribution in [3.05, 3.63) is 89.1 Å². The molecule has 3 aromatic rings. The van der Waals surface area contributed by atoms with E-state index < -0.39 is 5.97 Å². The number of aromatic nitrogens is 1. The van der Waals surface area contributed by atoms with Crippen LogP contribution in [-0.2, 0) is 11.3 Å². The van der Waals surface area contributed by atoms with Gasteiger partial charge in [0, 0.05) is 18.3 Å². The summed E-state index contributed by atoms with van der Waals surface area (Å²) in [5.74, 6) is -0.150. The molecule has 1 heterocycles. The monoisotopic (exact) mass is 389 g/mol. The second kappa shape index (κ2) is 9.50. The average Bonchev–Trinajstić information content (AvgIpc) is 2.73. The Kier molecular flexibility index (Phi) is 6.58. The minimum absolute atomic E-state index is 0.198. The van der Waals surface area contributed by atoms with Crippen molar-refractivity contribution in [2.45, 2.75) is 20.4 Å². The minimum atomic E-state index is -0.414. The van der Waals surface area contributed by atoms with E-state index in [9.17, 15) is 9.59 Å². The molecule has 3 rings (SSSR count). The Morgan fingerprint density at radius 1 is 1.03 bits per heavy atom. The number of para-hydroxylation sites is 1. The van der Waals surface area contributed by atoms with E-state index in [4.69, 9.17) is 4.74 Å². The Balaban J connectivity index is 1.71. The maximum atomic E-state index is 12.5. The van der Waals surface area contributed by atoms with Gasteiger partial charge in [-0.3, -0.25) is 4.79 Å². The van der Waals surface area contributed by atoms with Crippen LogP contribution in [0.15, 0.2) is 66.9 Å². The first-order valence-electron chi connectivity index (χ1n) is 9.40. The molecule has 29 heavy (non-hydrogen) atoms. The molecule has 0 aliphatic carbocycles. The first-order valence-corrected chi connectivity index (χ1v) is 9.40. The number of pyridine rings is 1. The molecule has 1 aromatic heterocycles. The molecule has 1 amide bonds. The van der Waals surface area contributed by atoms with Crippen LogP contribution in [0, 0.1) is 6.92 Å². The van der Waals surface area contributed by atoms with Gasteiger partial charge in [0.05, 0.1) is 17.9 Å². The van der Waals surface area contributed by atoms with Gasteiger partial charge < -0.3 is 15.4 Å². The van der Waals surface area contributed by atoms with E-state index in [0.717, 1.165) is 11.1 Å². The number of hydrogen-bond donors (Lipinski definition) is 2. The molecule has 0 aliphatic heterocycles. The molecule has 0 aliphatic rings. The first-order chi connectivity index (χ1) is 14.1. The van der Waals surface area contributed by atoms with Gasteiger partial charge in [-0.25, -0.2) is 9.78 Å². The van der Waals surface area contributed by atoms with E-state index in [1.807, 2.05) is 37.3 Å². The van der Waals surface area contributed by atoms with Crippen LogP contribution < -0.4 is 10.6 Å². The van der Waals surface area contributed by atoms with Crippen molar-refractivity contribution in [2.75, 3.05) is 11.9 Å². The van der Waals surface area contributed by atoms with E-state index in [0.29, 0.717) is 35.8 Å². The summed E-state index contributed by atoms with van der Waals surface area (Å²) in [7, 11) is 0. The van der Waals surface area contributed by atoms with Gasteiger partial charge >= 0.3 is 5.97 Å². The second-order valence-electron chi connectivity index (χ2n) is 6.49. The lowest BCUT2D eigenvalue weighted by Gasteiger charge is -2.12. The predicted molar refractivity (Wildman–Crippen MR) is 112 cm³/mol. The van der Waals surface area contributed by atoms with Crippen LogP contribution in [0.25, 0.3) is 0 Å². The van der Waals surface area contributed by atoms with Crippen molar-refractivity contribution in [1.82, 2.24) is 10.3 Å². The first kappa shape index (κ1) is 20.1. The average molecular weight is 389 g/mol. The van der Waals surface area contributed by atoms with Gasteiger partial charge in [0.2, 0.25) is 0 Å². The molecule has 2 aromatic carbocycles. The van der Waals surface area contributed by atoms with E-state index in [1.54, 1.807) is 43.5 Å². The molecule has 6 nitrogen and oxygen atoms in total. The summed E-state index contributed by atoms with van der Waals surface area (Å²) in [6.07, 6.45) is 1.55. The Bertz CT molecular complexity index is 1020. The number of esters is 1. The fourth-order valence-corrected chi connectivity index (χ4v) is 2.86. The maximum absolute atomic E-state index is 12.5. The van der Waals surface area contributed by atoms with Gasteiger partial charge in [-0.15, -0.1) is 0 Å². The third-order valence-corrected chi connectivity index (χ3v) is 4.24. The minimum Gasteiger partial charge on any atom is -0.462 e. The highest BCUT2D eigenvalue weighted by atomic mass is 16.5. The van der Waals surface area contributed by atoms with Crippen molar-refractivity contribution >= 4 is 23.4 Å². The number of amides is 1. The molecule has 6 heteroatoms. The molecule has 0 saturated heterocycles. The molecule has 0 fully saturated rings. The van der Waals surface area contributed by atoms with Crippen LogP contribution in [0.4, 0.5) is 11.5 Å². The molecule has 148 valence electrons. The lowest BCUT2D eigenvalue weighted by atomic mass is 10.1. The van der Waals surface area contributed by atoms with Gasteiger partial charge in [0.25, 0.3) is 5.91 Å². The van der Waals surface area contributed by atoms with Gasteiger partial charge in [0.15, 0.2) is 0 Å². The summed E-state index contributed by atoms with van der Waals surface area (Å²) < 4.78 is 5.09. The molecule has 0 bridgehead atoms. The highest BCUT2D eigenvalue weighted by Crippen LogP contribution is 2.21. The van der Waals surface area contributed by atoms with Gasteiger partial charge in [0.1, 0.15) is 5.82 Å². The van der Waals surface area contributed by atoms with Crippen LogP contribution >= 0.6 is 0 Å². The summed E-state index contributed by atoms with van der Waals surface area (Å²) in [6, 6.07) is 18.3. The number of nitrogens with zero attached hydrogens (tertiary/aromatic N) is 1. The SMILES string of the molecule is CCOC(=O)c1ccccc1Nc1cc(C(=O)NCc2cccc(C)c2)ccn1. The molecular weight excluding hydrogens is 366 g/mol. The number of hydrogen-bond acceptors (Lipinski definition) is 5. The van der Waals surface area contributed by atoms with Crippen molar-refractivity contribution in [3.8, 4) is 0 Å². The van der Waals surface area contributed by atoms with Crippen molar-refractivity contribution in [2.24, 2.45) is 0 Å². The number of carbonyl (C=O) groups is 2. The van der Waals surface area contributed by atoms with Crippen LogP contribution in [-0.4, -0.2) is 23.5 Å².